The van der Waals surface area contributed by atoms with Crippen LogP contribution in [0.4, 0.5) is 5.69 Å². The van der Waals surface area contributed by atoms with Gasteiger partial charge >= 0.3 is 0 Å². The second-order valence-corrected chi connectivity index (χ2v) is 4.70. The monoisotopic (exact) mass is 257 g/mol. The topological polar surface area (TPSA) is 51.8 Å². The van der Waals surface area contributed by atoms with E-state index in [1.807, 2.05) is 0 Å². The number of rotatable bonds is 2. The summed E-state index contributed by atoms with van der Waals surface area (Å²) in [5.74, 6) is 0.651. The third-order valence-electron chi connectivity index (χ3n) is 2.07. The van der Waals surface area contributed by atoms with Crippen molar-refractivity contribution in [2.45, 2.75) is 39.5 Å². The molecule has 1 aromatic rings. The number of nitrogens with two attached hydrogens (primary N) is 1. The van der Waals surface area contributed by atoms with E-state index in [0.717, 1.165) is 17.1 Å². The van der Waals surface area contributed by atoms with E-state index in [-0.39, 0.29) is 0 Å². The van der Waals surface area contributed by atoms with E-state index in [1.54, 1.807) is 0 Å². The Morgan fingerprint density at radius 2 is 1.36 bits per heavy atom. The lowest BCUT2D eigenvalue weighted by Gasteiger charge is -2.14. The summed E-state index contributed by atoms with van der Waals surface area (Å²) in [5.41, 5.74) is 8.60. The van der Waals surface area contributed by atoms with Crippen LogP contribution in [-0.4, -0.2) is 9.97 Å². The zero-order valence-electron chi connectivity index (χ0n) is 9.00. The molecule has 14 heavy (non-hydrogen) atoms. The van der Waals surface area contributed by atoms with Gasteiger partial charge < -0.3 is 5.73 Å². The van der Waals surface area contributed by atoms with Gasteiger partial charge in [0.2, 0.25) is 0 Å². The van der Waals surface area contributed by atoms with Crippen LogP contribution in [-0.2, 0) is 0 Å². The van der Waals surface area contributed by atoms with E-state index in [2.05, 4.69) is 53.6 Å². The predicted molar refractivity (Wildman–Crippen MR) is 62.3 cm³/mol. The third-order valence-corrected chi connectivity index (χ3v) is 2.43. The minimum atomic E-state index is 0.326. The van der Waals surface area contributed by atoms with Gasteiger partial charge in [0.15, 0.2) is 4.73 Å². The molecule has 0 saturated carbocycles. The molecule has 0 spiro atoms. The van der Waals surface area contributed by atoms with Crippen LogP contribution in [0.15, 0.2) is 4.73 Å². The minimum absolute atomic E-state index is 0.326. The SMILES string of the molecule is CC(C)c1nc(Br)nc(C(C)C)c1N. The number of halogens is 1. The summed E-state index contributed by atoms with van der Waals surface area (Å²) in [6, 6.07) is 0. The Balaban J connectivity index is 3.32. The van der Waals surface area contributed by atoms with Gasteiger partial charge in [0, 0.05) is 0 Å². The molecule has 4 heteroatoms. The molecule has 1 heterocycles. The van der Waals surface area contributed by atoms with Crippen LogP contribution < -0.4 is 5.73 Å². The second-order valence-electron chi connectivity index (χ2n) is 3.99. The van der Waals surface area contributed by atoms with Crippen LogP contribution in [0, 0.1) is 0 Å². The van der Waals surface area contributed by atoms with Gasteiger partial charge in [-0.1, -0.05) is 27.7 Å². The molecule has 0 aromatic carbocycles. The van der Waals surface area contributed by atoms with Gasteiger partial charge in [0.05, 0.1) is 17.1 Å². The average molecular weight is 258 g/mol. The molecule has 0 saturated heterocycles. The Labute approximate surface area is 93.3 Å². The summed E-state index contributed by atoms with van der Waals surface area (Å²) in [5, 5.41) is 0. The van der Waals surface area contributed by atoms with E-state index in [0.29, 0.717) is 16.6 Å². The standard InChI is InChI=1S/C10H16BrN3/c1-5(2)8-7(12)9(6(3)4)14-10(11)13-8/h5-6H,12H2,1-4H3. The van der Waals surface area contributed by atoms with E-state index in [9.17, 15) is 0 Å². The lowest BCUT2D eigenvalue weighted by atomic mass is 10.0. The number of anilines is 1. The summed E-state index contributed by atoms with van der Waals surface area (Å²) in [6.07, 6.45) is 0. The zero-order chi connectivity index (χ0) is 10.9. The fraction of sp³-hybridized carbons (Fsp3) is 0.600. The van der Waals surface area contributed by atoms with Crippen molar-refractivity contribution in [2.24, 2.45) is 0 Å². The Morgan fingerprint density at radius 3 is 1.64 bits per heavy atom. The van der Waals surface area contributed by atoms with Crippen molar-refractivity contribution in [3.63, 3.8) is 0 Å². The molecule has 1 rings (SSSR count). The van der Waals surface area contributed by atoms with Crippen LogP contribution >= 0.6 is 15.9 Å². The van der Waals surface area contributed by atoms with Gasteiger partial charge in [-0.3, -0.25) is 0 Å². The molecule has 0 aliphatic carbocycles. The molecule has 0 fully saturated rings. The second kappa shape index (κ2) is 4.26. The average Bonchev–Trinajstić information content (AvgIpc) is 2.07. The highest BCUT2D eigenvalue weighted by atomic mass is 79.9. The van der Waals surface area contributed by atoms with Crippen molar-refractivity contribution < 1.29 is 0 Å². The molecule has 0 unspecified atom stereocenters. The molecule has 0 radical (unpaired) electrons. The van der Waals surface area contributed by atoms with Crippen molar-refractivity contribution in [2.75, 3.05) is 5.73 Å². The molecule has 78 valence electrons. The van der Waals surface area contributed by atoms with Crippen molar-refractivity contribution in [1.82, 2.24) is 9.97 Å². The van der Waals surface area contributed by atoms with E-state index in [1.165, 1.54) is 0 Å². The van der Waals surface area contributed by atoms with Crippen LogP contribution in [0.3, 0.4) is 0 Å². The molecule has 0 aliphatic heterocycles. The molecular formula is C10H16BrN3. The minimum Gasteiger partial charge on any atom is -0.396 e. The van der Waals surface area contributed by atoms with Crippen LogP contribution in [0.2, 0.25) is 0 Å². The Bertz CT molecular complexity index is 305. The largest absolute Gasteiger partial charge is 0.396 e. The number of nitrogen functional groups attached to an aromatic ring is 1. The molecule has 1 aromatic heterocycles. The maximum Gasteiger partial charge on any atom is 0.197 e. The predicted octanol–water partition coefficient (Wildman–Crippen LogP) is 3.07. The van der Waals surface area contributed by atoms with Crippen LogP contribution in [0.5, 0.6) is 0 Å². The Hall–Kier alpha value is -0.640. The van der Waals surface area contributed by atoms with Gasteiger partial charge in [-0.05, 0) is 27.8 Å². The maximum atomic E-state index is 6.01. The fourth-order valence-electron chi connectivity index (χ4n) is 1.36. The Kier molecular flexibility index (Phi) is 3.48. The number of hydrogen-bond acceptors (Lipinski definition) is 3. The number of nitrogens with zero attached hydrogens (tertiary/aromatic N) is 2. The fourth-order valence-corrected chi connectivity index (χ4v) is 1.74. The van der Waals surface area contributed by atoms with Gasteiger partial charge in [-0.25, -0.2) is 9.97 Å². The molecule has 3 nitrogen and oxygen atoms in total. The maximum absolute atomic E-state index is 6.01. The first-order chi connectivity index (χ1) is 6.43. The first kappa shape index (κ1) is 11.4. The van der Waals surface area contributed by atoms with Gasteiger partial charge in [-0.15, -0.1) is 0 Å². The molecule has 0 atom stereocenters. The smallest absolute Gasteiger partial charge is 0.197 e. The summed E-state index contributed by atoms with van der Waals surface area (Å²) < 4.78 is 0.624. The summed E-state index contributed by atoms with van der Waals surface area (Å²) >= 11 is 3.31. The van der Waals surface area contributed by atoms with Crippen LogP contribution in [0.25, 0.3) is 0 Å². The number of aromatic nitrogens is 2. The van der Waals surface area contributed by atoms with Crippen molar-refractivity contribution >= 4 is 21.6 Å². The quantitative estimate of drug-likeness (QED) is 0.829. The van der Waals surface area contributed by atoms with Gasteiger partial charge in [0.25, 0.3) is 0 Å². The van der Waals surface area contributed by atoms with Gasteiger partial charge in [0.1, 0.15) is 0 Å². The highest BCUT2D eigenvalue weighted by Crippen LogP contribution is 2.28. The summed E-state index contributed by atoms with van der Waals surface area (Å²) in [7, 11) is 0. The van der Waals surface area contributed by atoms with E-state index < -0.39 is 0 Å². The summed E-state index contributed by atoms with van der Waals surface area (Å²) in [4.78, 5) is 8.59. The summed E-state index contributed by atoms with van der Waals surface area (Å²) in [6.45, 7) is 8.31. The lowest BCUT2D eigenvalue weighted by Crippen LogP contribution is -2.08. The van der Waals surface area contributed by atoms with Crippen molar-refractivity contribution in [3.8, 4) is 0 Å². The normalized spacial score (nSPS) is 11.4. The van der Waals surface area contributed by atoms with Crippen molar-refractivity contribution in [3.05, 3.63) is 16.1 Å². The lowest BCUT2D eigenvalue weighted by molar-refractivity contribution is 0.765. The Morgan fingerprint density at radius 1 is 1.00 bits per heavy atom. The molecule has 0 aliphatic rings. The van der Waals surface area contributed by atoms with Crippen molar-refractivity contribution in [1.29, 1.82) is 0 Å². The molecule has 0 amide bonds. The molecule has 0 bridgehead atoms. The van der Waals surface area contributed by atoms with Crippen LogP contribution in [0.1, 0.15) is 50.9 Å². The molecular weight excluding hydrogens is 242 g/mol. The number of hydrogen-bond donors (Lipinski definition) is 1. The molecule has 2 N–H and O–H groups in total. The van der Waals surface area contributed by atoms with Gasteiger partial charge in [-0.2, -0.15) is 0 Å². The third kappa shape index (κ3) is 2.23. The first-order valence-corrected chi connectivity index (χ1v) is 5.55. The van der Waals surface area contributed by atoms with E-state index in [4.69, 9.17) is 5.73 Å². The first-order valence-electron chi connectivity index (χ1n) is 4.76. The zero-order valence-corrected chi connectivity index (χ0v) is 10.6. The van der Waals surface area contributed by atoms with E-state index >= 15 is 0 Å². The highest BCUT2D eigenvalue weighted by molar-refractivity contribution is 9.10. The highest BCUT2D eigenvalue weighted by Gasteiger charge is 2.15.